The lowest BCUT2D eigenvalue weighted by molar-refractivity contribution is -0.151. The van der Waals surface area contributed by atoms with E-state index in [1.54, 1.807) is 81.6 Å². The zero-order chi connectivity index (χ0) is 49.1. The van der Waals surface area contributed by atoms with Crippen LogP contribution in [0.5, 0.6) is 0 Å². The third-order valence-corrected chi connectivity index (χ3v) is 10.8. The first-order valence-corrected chi connectivity index (χ1v) is 22.5. The van der Waals surface area contributed by atoms with Crippen molar-refractivity contribution in [3.8, 4) is 0 Å². The number of hydrogen-bond acceptors (Lipinski definition) is 10. The Labute approximate surface area is 395 Å². The van der Waals surface area contributed by atoms with Crippen molar-refractivity contribution in [2.45, 2.75) is 102 Å². The fourth-order valence-electron chi connectivity index (χ4n) is 7.25. The number of esters is 1. The predicted molar refractivity (Wildman–Crippen MR) is 254 cm³/mol. The van der Waals surface area contributed by atoms with Gasteiger partial charge < -0.3 is 51.1 Å². The van der Waals surface area contributed by atoms with Gasteiger partial charge in [-0.3, -0.25) is 24.0 Å². The Balaban J connectivity index is 1.39. The number of likely N-dealkylation sites (N-methyl/N-ethyl adjacent to an activating group) is 1. The zero-order valence-corrected chi connectivity index (χ0v) is 38.8. The van der Waals surface area contributed by atoms with Gasteiger partial charge in [0.25, 0.3) is 0 Å². The normalized spacial score (nSPS) is 12.9. The minimum Gasteiger partial charge on any atom is -0.461 e. The van der Waals surface area contributed by atoms with Crippen LogP contribution in [0.2, 0.25) is 0 Å². The first-order valence-electron chi connectivity index (χ1n) is 22.5. The van der Waals surface area contributed by atoms with Crippen molar-refractivity contribution in [2.24, 2.45) is 5.73 Å². The van der Waals surface area contributed by atoms with Crippen molar-refractivity contribution in [3.05, 3.63) is 144 Å². The number of nitrogens with zero attached hydrogens (tertiary/aromatic N) is 1. The number of aromatic nitrogens is 1. The van der Waals surface area contributed by atoms with E-state index in [1.165, 1.54) is 7.05 Å². The van der Waals surface area contributed by atoms with Crippen LogP contribution in [0, 0.1) is 0 Å². The van der Waals surface area contributed by atoms with Crippen LogP contribution in [0.3, 0.4) is 0 Å². The van der Waals surface area contributed by atoms with Gasteiger partial charge in [-0.1, -0.05) is 109 Å². The quantitative estimate of drug-likeness (QED) is 0.0279. The second kappa shape index (κ2) is 25.3. The molecule has 6 amide bonds. The summed E-state index contributed by atoms with van der Waals surface area (Å²) in [6.45, 7) is 5.16. The highest BCUT2D eigenvalue weighted by atomic mass is 16.6. The number of nitrogens with one attached hydrogen (secondary N) is 5. The van der Waals surface area contributed by atoms with Crippen LogP contribution in [0.25, 0.3) is 10.9 Å². The molecule has 0 aliphatic heterocycles. The summed E-state index contributed by atoms with van der Waals surface area (Å²) in [5.74, 6) is -4.05. The molecule has 5 aromatic rings. The maximum absolute atomic E-state index is 14.8. The van der Waals surface area contributed by atoms with E-state index in [9.17, 15) is 33.6 Å². The predicted octanol–water partition coefficient (Wildman–Crippen LogP) is 5.36. The number of fused-ring (bicyclic) bond motifs is 1. The molecule has 0 spiro atoms. The Morgan fingerprint density at radius 1 is 0.647 bits per heavy atom. The van der Waals surface area contributed by atoms with Crippen molar-refractivity contribution in [2.75, 3.05) is 13.6 Å². The van der Waals surface area contributed by atoms with Gasteiger partial charge in [0, 0.05) is 43.5 Å². The van der Waals surface area contributed by atoms with Gasteiger partial charge in [0.05, 0.1) is 6.42 Å². The summed E-state index contributed by atoms with van der Waals surface area (Å²) >= 11 is 0. The smallest absolute Gasteiger partial charge is 0.408 e. The monoisotopic (exact) mass is 931 g/mol. The van der Waals surface area contributed by atoms with Gasteiger partial charge in [-0.15, -0.1) is 0 Å². The molecule has 0 bridgehead atoms. The van der Waals surface area contributed by atoms with E-state index in [0.717, 1.165) is 21.4 Å². The molecule has 1 heterocycles. The molecule has 17 nitrogen and oxygen atoms in total. The summed E-state index contributed by atoms with van der Waals surface area (Å²) in [7, 11) is 1.30. The lowest BCUT2D eigenvalue weighted by Crippen LogP contribution is -2.59. The van der Waals surface area contributed by atoms with Gasteiger partial charge in [-0.2, -0.15) is 0 Å². The zero-order valence-electron chi connectivity index (χ0n) is 38.8. The molecular weight excluding hydrogens is 871 g/mol. The summed E-state index contributed by atoms with van der Waals surface area (Å²) in [6.07, 6.45) is 0.220. The molecule has 0 fully saturated rings. The molecule has 0 aliphatic rings. The molecule has 360 valence electrons. The highest BCUT2D eigenvalue weighted by molar-refractivity contribution is 5.97. The fourth-order valence-corrected chi connectivity index (χ4v) is 7.25. The Bertz CT molecular complexity index is 2460. The molecule has 0 saturated heterocycles. The Kier molecular flexibility index (Phi) is 19.1. The molecule has 4 atom stereocenters. The second-order valence-corrected chi connectivity index (χ2v) is 17.3. The molecule has 0 unspecified atom stereocenters. The maximum Gasteiger partial charge on any atom is 0.408 e. The van der Waals surface area contributed by atoms with Crippen LogP contribution in [-0.2, 0) is 64.2 Å². The average Bonchev–Trinajstić information content (AvgIpc) is 3.73. The first kappa shape index (κ1) is 51.3. The van der Waals surface area contributed by atoms with E-state index in [1.807, 2.05) is 60.7 Å². The first-order chi connectivity index (χ1) is 32.6. The number of unbranched alkanes of at least 4 members (excludes halogenated alkanes) is 1. The minimum atomic E-state index is -1.55. The number of alkyl carbamates (subject to hydrolysis) is 2. The van der Waals surface area contributed by atoms with Crippen LogP contribution in [-0.4, -0.2) is 95.0 Å². The summed E-state index contributed by atoms with van der Waals surface area (Å²) in [4.78, 5) is 99.6. The lowest BCUT2D eigenvalue weighted by Gasteiger charge is -2.32. The topological polar surface area (TPSA) is 240 Å². The molecule has 0 aliphatic carbocycles. The molecule has 4 aromatic carbocycles. The van der Waals surface area contributed by atoms with Crippen LogP contribution in [0.1, 0.15) is 68.7 Å². The number of hydrogen-bond donors (Lipinski definition) is 6. The summed E-state index contributed by atoms with van der Waals surface area (Å²) in [5, 5.41) is 11.6. The molecule has 0 saturated carbocycles. The second-order valence-electron chi connectivity index (χ2n) is 17.3. The highest BCUT2D eigenvalue weighted by Crippen LogP contribution is 2.20. The van der Waals surface area contributed by atoms with Crippen molar-refractivity contribution in [1.82, 2.24) is 31.2 Å². The molecule has 7 N–H and O–H groups in total. The lowest BCUT2D eigenvalue weighted by atomic mass is 10.0. The maximum atomic E-state index is 14.8. The van der Waals surface area contributed by atoms with Crippen LogP contribution < -0.4 is 27.0 Å². The average molecular weight is 932 g/mol. The van der Waals surface area contributed by atoms with E-state index < -0.39 is 78.0 Å². The SMILES string of the molecule is CN(C(=O)[C@H](CCCCNC(=O)OCc1ccccc1)NC(=O)[C@H](Cc1c[nH]c2ccccc12)NC(=O)OC(C)(C)C)[C@@H](CC(=O)OCc1ccccc1)C(=O)N[C@@H](Cc1ccccc1)C(N)=O. The van der Waals surface area contributed by atoms with Gasteiger partial charge >= 0.3 is 18.2 Å². The van der Waals surface area contributed by atoms with Gasteiger partial charge in [0.2, 0.25) is 23.6 Å². The number of rotatable bonds is 23. The van der Waals surface area contributed by atoms with Crippen LogP contribution >= 0.6 is 0 Å². The van der Waals surface area contributed by atoms with Crippen molar-refractivity contribution >= 4 is 52.7 Å². The van der Waals surface area contributed by atoms with E-state index in [2.05, 4.69) is 26.3 Å². The number of nitrogens with two attached hydrogens (primary N) is 1. The summed E-state index contributed by atoms with van der Waals surface area (Å²) in [6, 6.07) is 29.0. The Morgan fingerprint density at radius 2 is 1.22 bits per heavy atom. The summed E-state index contributed by atoms with van der Waals surface area (Å²) < 4.78 is 16.4. The standard InChI is InChI=1S/C51H61N7O10/c1-51(2,3)68-50(65)57-42(29-37-31-54-39-25-15-14-24-38(37)39)46(61)55-40(26-16-17-27-53-49(64)67-33-36-22-12-7-13-23-36)48(63)58(4)43(30-44(59)66-32-35-20-10-6-11-21-35)47(62)56-41(45(52)60)28-34-18-8-5-9-19-34/h5-15,18-25,31,40-43,54H,16-17,26-30,32-33H2,1-4H3,(H2,52,60)(H,53,64)(H,55,61)(H,56,62)(H,57,65)/t40-,41-,42-,43-/m0/s1. The number of H-pyrrole nitrogens is 1. The molecule has 17 heteroatoms. The number of ether oxygens (including phenoxy) is 3. The number of carbonyl (C=O) groups is 7. The Morgan fingerprint density at radius 3 is 1.84 bits per heavy atom. The summed E-state index contributed by atoms with van der Waals surface area (Å²) in [5.41, 5.74) is 8.56. The molecule has 0 radical (unpaired) electrons. The number of benzene rings is 4. The van der Waals surface area contributed by atoms with Crippen LogP contribution in [0.4, 0.5) is 9.59 Å². The molecule has 68 heavy (non-hydrogen) atoms. The van der Waals surface area contributed by atoms with E-state index in [4.69, 9.17) is 19.9 Å². The number of primary amides is 1. The third-order valence-electron chi connectivity index (χ3n) is 10.8. The largest absolute Gasteiger partial charge is 0.461 e. The van der Waals surface area contributed by atoms with Crippen molar-refractivity contribution < 1.29 is 47.8 Å². The Hall–Kier alpha value is -7.69. The van der Waals surface area contributed by atoms with E-state index in [0.29, 0.717) is 23.1 Å². The molecule has 5 rings (SSSR count). The third kappa shape index (κ3) is 16.6. The van der Waals surface area contributed by atoms with Crippen molar-refractivity contribution in [3.63, 3.8) is 0 Å². The van der Waals surface area contributed by atoms with Crippen LogP contribution in [0.15, 0.2) is 121 Å². The van der Waals surface area contributed by atoms with Gasteiger partial charge in [0.1, 0.15) is 43.0 Å². The minimum absolute atomic E-state index is 0.00490. The van der Waals surface area contributed by atoms with Gasteiger partial charge in [-0.05, 0) is 68.4 Å². The van der Waals surface area contributed by atoms with Gasteiger partial charge in [-0.25, -0.2) is 9.59 Å². The highest BCUT2D eigenvalue weighted by Gasteiger charge is 2.37. The van der Waals surface area contributed by atoms with E-state index in [-0.39, 0.29) is 45.4 Å². The molecule has 1 aromatic heterocycles. The number of para-hydroxylation sites is 1. The van der Waals surface area contributed by atoms with E-state index >= 15 is 0 Å². The fraction of sp³-hybridized carbons (Fsp3) is 0.353. The number of aromatic amines is 1. The van der Waals surface area contributed by atoms with Crippen molar-refractivity contribution in [1.29, 1.82) is 0 Å². The number of carbonyl (C=O) groups excluding carboxylic acids is 7. The molecular formula is C51H61N7O10. The number of amides is 6. The van der Waals surface area contributed by atoms with Gasteiger partial charge in [0.15, 0.2) is 0 Å².